The molecule has 0 aliphatic rings. The molecule has 0 aliphatic heterocycles. The smallest absolute Gasteiger partial charge is 0.337 e. The molecule has 0 radical (unpaired) electrons. The lowest BCUT2D eigenvalue weighted by Gasteiger charge is -2.09. The molecule has 18 heavy (non-hydrogen) atoms. The Hall–Kier alpha value is -2.43. The Kier molecular flexibility index (Phi) is 3.23. The van der Waals surface area contributed by atoms with Crippen molar-refractivity contribution in [3.05, 3.63) is 59.7 Å². The summed E-state index contributed by atoms with van der Waals surface area (Å²) in [6, 6.07) is 9.04. The van der Waals surface area contributed by atoms with Gasteiger partial charge in [-0.05, 0) is 24.3 Å². The van der Waals surface area contributed by atoms with Crippen molar-refractivity contribution in [3.8, 4) is 0 Å². The Morgan fingerprint density at radius 3 is 2.28 bits per heavy atom. The van der Waals surface area contributed by atoms with E-state index >= 15 is 0 Å². The van der Waals surface area contributed by atoms with Crippen LogP contribution in [0.5, 0.6) is 0 Å². The monoisotopic (exact) mass is 249 g/mol. The maximum absolute atomic E-state index is 13.0. The Morgan fingerprint density at radius 2 is 1.67 bits per heavy atom. The Labute approximate surface area is 102 Å². The van der Waals surface area contributed by atoms with E-state index < -0.39 is 17.6 Å². The summed E-state index contributed by atoms with van der Waals surface area (Å²) in [5, 5.41) is 11.6. The highest BCUT2D eigenvalue weighted by Gasteiger charge is 2.09. The van der Waals surface area contributed by atoms with Crippen molar-refractivity contribution in [2.24, 2.45) is 0 Å². The molecule has 0 bridgehead atoms. The number of carbonyl (C=O) groups is 1. The lowest BCUT2D eigenvalue weighted by atomic mass is 10.1. The highest BCUT2D eigenvalue weighted by Crippen LogP contribution is 2.22. The van der Waals surface area contributed by atoms with Crippen LogP contribution in [0.25, 0.3) is 0 Å². The highest BCUT2D eigenvalue weighted by atomic mass is 19.1. The zero-order chi connectivity index (χ0) is 13.1. The van der Waals surface area contributed by atoms with Crippen molar-refractivity contribution in [3.63, 3.8) is 0 Å². The van der Waals surface area contributed by atoms with Gasteiger partial charge in [0, 0.05) is 11.8 Å². The fraction of sp³-hybridized carbons (Fsp3) is 0. The fourth-order valence-corrected chi connectivity index (χ4v) is 1.56. The zero-order valence-corrected chi connectivity index (χ0v) is 9.15. The van der Waals surface area contributed by atoms with Crippen molar-refractivity contribution in [1.29, 1.82) is 0 Å². The summed E-state index contributed by atoms with van der Waals surface area (Å²) in [7, 11) is 0. The molecule has 0 saturated carbocycles. The molecule has 2 N–H and O–H groups in total. The van der Waals surface area contributed by atoms with Crippen LogP contribution in [0, 0.1) is 11.6 Å². The quantitative estimate of drug-likeness (QED) is 0.876. The van der Waals surface area contributed by atoms with Crippen LogP contribution in [-0.4, -0.2) is 11.1 Å². The van der Waals surface area contributed by atoms with Crippen LogP contribution >= 0.6 is 0 Å². The van der Waals surface area contributed by atoms with Crippen LogP contribution in [-0.2, 0) is 0 Å². The van der Waals surface area contributed by atoms with Gasteiger partial charge >= 0.3 is 5.97 Å². The van der Waals surface area contributed by atoms with Gasteiger partial charge in [-0.25, -0.2) is 13.6 Å². The second-order valence-corrected chi connectivity index (χ2v) is 3.63. The van der Waals surface area contributed by atoms with E-state index in [1.165, 1.54) is 12.1 Å². The molecular weight excluding hydrogens is 240 g/mol. The Bertz CT molecular complexity index is 579. The number of hydrogen-bond donors (Lipinski definition) is 2. The van der Waals surface area contributed by atoms with Gasteiger partial charge in [0.1, 0.15) is 11.6 Å². The van der Waals surface area contributed by atoms with Crippen molar-refractivity contribution in [1.82, 2.24) is 0 Å². The van der Waals surface area contributed by atoms with Gasteiger partial charge in [-0.1, -0.05) is 12.1 Å². The maximum Gasteiger partial charge on any atom is 0.337 e. The van der Waals surface area contributed by atoms with Crippen molar-refractivity contribution < 1.29 is 18.7 Å². The number of carboxylic acid groups (broad SMARTS) is 1. The number of benzene rings is 2. The Balaban J connectivity index is 2.37. The van der Waals surface area contributed by atoms with E-state index in [0.29, 0.717) is 0 Å². The molecule has 3 nitrogen and oxygen atoms in total. The number of anilines is 2. The molecule has 2 aromatic rings. The van der Waals surface area contributed by atoms with Gasteiger partial charge in [0.25, 0.3) is 0 Å². The average molecular weight is 249 g/mol. The lowest BCUT2D eigenvalue weighted by molar-refractivity contribution is 0.0698. The summed E-state index contributed by atoms with van der Waals surface area (Å²) in [6.07, 6.45) is 0. The minimum atomic E-state index is -1.12. The molecule has 0 heterocycles. The minimum absolute atomic E-state index is 0.0298. The molecule has 0 spiro atoms. The van der Waals surface area contributed by atoms with Gasteiger partial charge in [0.05, 0.1) is 11.3 Å². The largest absolute Gasteiger partial charge is 0.478 e. The van der Waals surface area contributed by atoms with Crippen molar-refractivity contribution in [2.45, 2.75) is 0 Å². The van der Waals surface area contributed by atoms with Gasteiger partial charge in [0.2, 0.25) is 0 Å². The molecule has 0 amide bonds. The summed E-state index contributed by atoms with van der Waals surface area (Å²) >= 11 is 0. The molecule has 0 fully saturated rings. The predicted molar refractivity (Wildman–Crippen MR) is 63.0 cm³/mol. The van der Waals surface area contributed by atoms with Crippen LogP contribution in [0.2, 0.25) is 0 Å². The summed E-state index contributed by atoms with van der Waals surface area (Å²) < 4.78 is 26.0. The van der Waals surface area contributed by atoms with Crippen LogP contribution in [0.3, 0.4) is 0 Å². The van der Waals surface area contributed by atoms with Crippen LogP contribution in [0.15, 0.2) is 42.5 Å². The maximum atomic E-state index is 13.0. The molecule has 5 heteroatoms. The number of para-hydroxylation sites is 1. The minimum Gasteiger partial charge on any atom is -0.478 e. The molecule has 0 saturated heterocycles. The SMILES string of the molecule is O=C(O)c1ccccc1Nc1cc(F)cc(F)c1. The first-order valence-electron chi connectivity index (χ1n) is 5.12. The molecule has 0 atom stereocenters. The second kappa shape index (κ2) is 4.83. The van der Waals surface area contributed by atoms with E-state index in [-0.39, 0.29) is 16.9 Å². The fourth-order valence-electron chi connectivity index (χ4n) is 1.56. The third-order valence-corrected chi connectivity index (χ3v) is 2.30. The number of carboxylic acids is 1. The van der Waals surface area contributed by atoms with E-state index in [1.54, 1.807) is 12.1 Å². The van der Waals surface area contributed by atoms with E-state index in [9.17, 15) is 13.6 Å². The first-order chi connectivity index (χ1) is 8.56. The van der Waals surface area contributed by atoms with Gasteiger partial charge in [-0.3, -0.25) is 0 Å². The molecule has 2 rings (SSSR count). The number of halogens is 2. The van der Waals surface area contributed by atoms with Crippen molar-refractivity contribution in [2.75, 3.05) is 5.32 Å². The first-order valence-corrected chi connectivity index (χ1v) is 5.12. The van der Waals surface area contributed by atoms with E-state index in [2.05, 4.69) is 5.32 Å². The number of rotatable bonds is 3. The van der Waals surface area contributed by atoms with E-state index in [0.717, 1.165) is 18.2 Å². The van der Waals surface area contributed by atoms with Crippen LogP contribution < -0.4 is 5.32 Å². The third kappa shape index (κ3) is 2.63. The molecule has 0 aliphatic carbocycles. The first kappa shape index (κ1) is 12.0. The summed E-state index contributed by atoms with van der Waals surface area (Å²) in [5.74, 6) is -2.58. The van der Waals surface area contributed by atoms with Gasteiger partial charge in [0.15, 0.2) is 0 Å². The zero-order valence-electron chi connectivity index (χ0n) is 9.15. The highest BCUT2D eigenvalue weighted by molar-refractivity contribution is 5.95. The number of nitrogens with one attached hydrogen (secondary N) is 1. The summed E-state index contributed by atoms with van der Waals surface area (Å²) in [4.78, 5) is 11.0. The standard InChI is InChI=1S/C13H9F2NO2/c14-8-5-9(15)7-10(6-8)16-12-4-2-1-3-11(12)13(17)18/h1-7,16H,(H,17,18). The topological polar surface area (TPSA) is 49.3 Å². The van der Waals surface area contributed by atoms with Gasteiger partial charge in [-0.2, -0.15) is 0 Å². The lowest BCUT2D eigenvalue weighted by Crippen LogP contribution is -2.02. The number of hydrogen-bond acceptors (Lipinski definition) is 2. The van der Waals surface area contributed by atoms with E-state index in [4.69, 9.17) is 5.11 Å². The number of aromatic carboxylic acids is 1. The summed E-state index contributed by atoms with van der Waals surface area (Å²) in [6.45, 7) is 0. The molecule has 2 aromatic carbocycles. The van der Waals surface area contributed by atoms with Crippen LogP contribution in [0.1, 0.15) is 10.4 Å². The molecule has 0 unspecified atom stereocenters. The third-order valence-electron chi connectivity index (χ3n) is 2.30. The normalized spacial score (nSPS) is 10.1. The van der Waals surface area contributed by atoms with Crippen molar-refractivity contribution >= 4 is 17.3 Å². The molecule has 92 valence electrons. The van der Waals surface area contributed by atoms with Gasteiger partial charge < -0.3 is 10.4 Å². The summed E-state index contributed by atoms with van der Waals surface area (Å²) in [5.41, 5.74) is 0.457. The van der Waals surface area contributed by atoms with Gasteiger partial charge in [-0.15, -0.1) is 0 Å². The molecule has 0 aromatic heterocycles. The Morgan fingerprint density at radius 1 is 1.06 bits per heavy atom. The van der Waals surface area contributed by atoms with Crippen LogP contribution in [0.4, 0.5) is 20.2 Å². The average Bonchev–Trinajstić information content (AvgIpc) is 2.27. The predicted octanol–water partition coefficient (Wildman–Crippen LogP) is 3.41. The van der Waals surface area contributed by atoms with E-state index in [1.807, 2.05) is 0 Å². The second-order valence-electron chi connectivity index (χ2n) is 3.63. The molecular formula is C13H9F2NO2.